The number of hydrogen-bond acceptors (Lipinski definition) is 8. The molecule has 0 amide bonds. The summed E-state index contributed by atoms with van der Waals surface area (Å²) in [5.41, 5.74) is 5.86. The number of aliphatic carboxylic acids is 2. The molecule has 8 nitrogen and oxygen atoms in total. The SMILES string of the molecule is CC(=O)[O-].CC(=O)[O-].CC(C)CCc1cc(C=NC2CCC(N=Cc3cc(CCC(C)C)cc(C(C)(C)C)c3O)C2)c(O)c(C(C)(C)C)c1.[Co+2]. The van der Waals surface area contributed by atoms with Crippen molar-refractivity contribution in [2.24, 2.45) is 21.8 Å². The molecule has 1 saturated carbocycles. The predicted octanol–water partition coefficient (Wildman–Crippen LogP) is 6.84. The van der Waals surface area contributed by atoms with Crippen LogP contribution in [0.15, 0.2) is 34.3 Å². The Morgan fingerprint density at radius 3 is 1.28 bits per heavy atom. The summed E-state index contributed by atoms with van der Waals surface area (Å²) in [4.78, 5) is 27.6. The van der Waals surface area contributed by atoms with Crippen molar-refractivity contribution in [1.82, 2.24) is 0 Å². The number of carboxylic acids is 2. The standard InChI is InChI=1S/C37H56N2O2.2C2H4O2.Co/c1-24(2)11-13-26-17-28(34(40)32(19-26)36(5,6)7)22-38-30-15-16-31(21-30)39-23-29-18-27(14-12-25(3)4)20-33(35(29)41)37(8,9)10;2*1-2(3)4;/h17-20,22-25,30-31,40-41H,11-16,21H2,1-10H3;2*1H3,(H,3,4);/q;;;+2/p-2. The second kappa shape index (κ2) is 21.3. The van der Waals surface area contributed by atoms with Crippen LogP contribution in [-0.4, -0.2) is 46.7 Å². The molecule has 1 aliphatic rings. The molecule has 50 heavy (non-hydrogen) atoms. The molecule has 0 heterocycles. The Balaban J connectivity index is 0.00000241. The van der Waals surface area contributed by atoms with E-state index >= 15 is 0 Å². The quantitative estimate of drug-likeness (QED) is 0.256. The Bertz CT molecular complexity index is 1320. The number of nitrogens with zero attached hydrogens (tertiary/aromatic N) is 2. The second-order valence-corrected chi connectivity index (χ2v) is 16.2. The molecular formula is C41H62CoN2O6. The van der Waals surface area contributed by atoms with Crippen molar-refractivity contribution in [3.8, 4) is 11.5 Å². The third kappa shape index (κ3) is 17.7. The maximum Gasteiger partial charge on any atom is 2.00 e. The number of rotatable bonds is 10. The van der Waals surface area contributed by atoms with Crippen molar-refractivity contribution in [2.45, 2.75) is 151 Å². The number of phenolic OH excluding ortho intramolecular Hbond substituents is 2. The number of aromatic hydroxyl groups is 2. The fourth-order valence-corrected chi connectivity index (χ4v) is 5.55. The first-order valence-corrected chi connectivity index (χ1v) is 17.6. The maximum atomic E-state index is 11.1. The number of aryl methyl sites for hydroxylation is 2. The summed E-state index contributed by atoms with van der Waals surface area (Å²) in [6, 6.07) is 8.95. The number of benzene rings is 2. The van der Waals surface area contributed by atoms with Crippen LogP contribution in [-0.2, 0) is 50.0 Å². The zero-order valence-electron chi connectivity index (χ0n) is 32.5. The zero-order chi connectivity index (χ0) is 37.7. The molecular weight excluding hydrogens is 675 g/mol. The molecule has 0 aliphatic heterocycles. The summed E-state index contributed by atoms with van der Waals surface area (Å²) in [7, 11) is 0. The molecule has 1 radical (unpaired) electrons. The predicted molar refractivity (Wildman–Crippen MR) is 198 cm³/mol. The maximum absolute atomic E-state index is 11.1. The van der Waals surface area contributed by atoms with E-state index in [1.807, 2.05) is 12.4 Å². The average molecular weight is 738 g/mol. The van der Waals surface area contributed by atoms with Crippen LogP contribution in [0.5, 0.6) is 11.5 Å². The van der Waals surface area contributed by atoms with Crippen LogP contribution in [0.4, 0.5) is 0 Å². The molecule has 2 atom stereocenters. The van der Waals surface area contributed by atoms with Gasteiger partial charge in [0.2, 0.25) is 0 Å². The van der Waals surface area contributed by atoms with E-state index in [-0.39, 0.29) is 39.7 Å². The third-order valence-corrected chi connectivity index (χ3v) is 8.26. The smallest absolute Gasteiger partial charge is 0.550 e. The van der Waals surface area contributed by atoms with Gasteiger partial charge in [0.05, 0.1) is 12.1 Å². The summed E-state index contributed by atoms with van der Waals surface area (Å²) in [5, 5.41) is 40.0. The minimum Gasteiger partial charge on any atom is -0.550 e. The van der Waals surface area contributed by atoms with Crippen LogP contribution in [0.2, 0.25) is 0 Å². The Morgan fingerprint density at radius 2 is 1.02 bits per heavy atom. The fourth-order valence-electron chi connectivity index (χ4n) is 5.55. The van der Waals surface area contributed by atoms with Crippen molar-refractivity contribution in [3.05, 3.63) is 57.6 Å². The summed E-state index contributed by atoms with van der Waals surface area (Å²) in [5.74, 6) is -0.187. The topological polar surface area (TPSA) is 145 Å². The largest absolute Gasteiger partial charge is 2.00 e. The van der Waals surface area contributed by atoms with Crippen molar-refractivity contribution >= 4 is 24.4 Å². The Kier molecular flexibility index (Phi) is 19.9. The Labute approximate surface area is 312 Å². The molecule has 3 rings (SSSR count). The van der Waals surface area contributed by atoms with Gasteiger partial charge in [-0.1, -0.05) is 81.4 Å². The first-order valence-electron chi connectivity index (χ1n) is 17.6. The number of aliphatic imine (C=N–C) groups is 2. The Hall–Kier alpha value is -3.17. The van der Waals surface area contributed by atoms with E-state index in [2.05, 4.69) is 93.5 Å². The zero-order valence-corrected chi connectivity index (χ0v) is 33.5. The van der Waals surface area contributed by atoms with Crippen LogP contribution in [0.25, 0.3) is 0 Å². The van der Waals surface area contributed by atoms with Gasteiger partial charge in [-0.25, -0.2) is 0 Å². The van der Waals surface area contributed by atoms with E-state index in [9.17, 15) is 10.2 Å². The molecule has 0 bridgehead atoms. The number of carbonyl (C=O) groups excluding carboxylic acids is 2. The molecule has 2 unspecified atom stereocenters. The first-order chi connectivity index (χ1) is 22.5. The molecule has 2 aromatic rings. The van der Waals surface area contributed by atoms with Crippen LogP contribution in [0.1, 0.15) is 149 Å². The summed E-state index contributed by atoms with van der Waals surface area (Å²) < 4.78 is 0. The molecule has 0 spiro atoms. The average Bonchev–Trinajstić information content (AvgIpc) is 3.40. The molecule has 2 N–H and O–H groups in total. The van der Waals surface area contributed by atoms with Gasteiger partial charge in [-0.15, -0.1) is 0 Å². The van der Waals surface area contributed by atoms with Crippen molar-refractivity contribution < 1.29 is 46.8 Å². The van der Waals surface area contributed by atoms with Crippen LogP contribution in [0, 0.1) is 11.8 Å². The van der Waals surface area contributed by atoms with Gasteiger partial charge in [-0.2, -0.15) is 0 Å². The first kappa shape index (κ1) is 46.8. The van der Waals surface area contributed by atoms with Crippen LogP contribution in [0.3, 0.4) is 0 Å². The van der Waals surface area contributed by atoms with Gasteiger partial charge in [-0.05, 0) is 105 Å². The van der Waals surface area contributed by atoms with Gasteiger partial charge in [0.25, 0.3) is 0 Å². The van der Waals surface area contributed by atoms with E-state index in [1.165, 1.54) is 11.1 Å². The third-order valence-electron chi connectivity index (χ3n) is 8.26. The van der Waals surface area contributed by atoms with Gasteiger partial charge in [-0.3, -0.25) is 9.98 Å². The van der Waals surface area contributed by atoms with Crippen molar-refractivity contribution in [3.63, 3.8) is 0 Å². The number of carbonyl (C=O) groups is 2. The normalized spacial score (nSPS) is 16.2. The molecule has 1 aliphatic carbocycles. The van der Waals surface area contributed by atoms with Gasteiger partial charge < -0.3 is 30.0 Å². The molecule has 0 saturated heterocycles. The van der Waals surface area contributed by atoms with E-state index in [1.54, 1.807) is 0 Å². The number of phenols is 2. The summed E-state index contributed by atoms with van der Waals surface area (Å²) >= 11 is 0. The van der Waals surface area contributed by atoms with Gasteiger partial charge >= 0.3 is 16.8 Å². The molecule has 281 valence electrons. The van der Waals surface area contributed by atoms with E-state index < -0.39 is 11.9 Å². The van der Waals surface area contributed by atoms with E-state index in [0.717, 1.165) is 81.0 Å². The molecule has 2 aromatic carbocycles. The minimum atomic E-state index is -1.08. The summed E-state index contributed by atoms with van der Waals surface area (Å²) in [6.07, 6.45) is 10.9. The molecule has 9 heteroatoms. The van der Waals surface area contributed by atoms with Gasteiger partial charge in [0, 0.05) is 46.6 Å². The Morgan fingerprint density at radius 1 is 0.720 bits per heavy atom. The van der Waals surface area contributed by atoms with E-state index in [4.69, 9.17) is 29.8 Å². The van der Waals surface area contributed by atoms with Gasteiger partial charge in [0.1, 0.15) is 11.5 Å². The van der Waals surface area contributed by atoms with Gasteiger partial charge in [0.15, 0.2) is 0 Å². The van der Waals surface area contributed by atoms with E-state index in [0.29, 0.717) is 23.3 Å². The summed E-state index contributed by atoms with van der Waals surface area (Å²) in [6.45, 7) is 23.8. The number of carboxylic acid groups (broad SMARTS) is 2. The van der Waals surface area contributed by atoms with Crippen LogP contribution < -0.4 is 10.2 Å². The number of hydrogen-bond donors (Lipinski definition) is 2. The van der Waals surface area contributed by atoms with Crippen LogP contribution >= 0.6 is 0 Å². The monoisotopic (exact) mass is 737 g/mol. The van der Waals surface area contributed by atoms with Crippen molar-refractivity contribution in [1.29, 1.82) is 0 Å². The molecule has 0 aromatic heterocycles. The molecule has 1 fully saturated rings. The minimum absolute atomic E-state index is 0. The fraction of sp³-hybridized carbons (Fsp3) is 0.610. The second-order valence-electron chi connectivity index (χ2n) is 16.2. The van der Waals surface area contributed by atoms with Crippen molar-refractivity contribution in [2.75, 3.05) is 0 Å².